The highest BCUT2D eigenvalue weighted by molar-refractivity contribution is 6.30. The van der Waals surface area contributed by atoms with E-state index in [1.807, 2.05) is 35.2 Å². The molecule has 0 spiro atoms. The quantitative estimate of drug-likeness (QED) is 0.542. The zero-order chi connectivity index (χ0) is 22.5. The van der Waals surface area contributed by atoms with Crippen molar-refractivity contribution in [2.45, 2.75) is 31.8 Å². The van der Waals surface area contributed by atoms with E-state index < -0.39 is 0 Å². The molecule has 166 valence electrons. The molecule has 1 aliphatic rings. The lowest BCUT2D eigenvalue weighted by Gasteiger charge is -2.39. The average Bonchev–Trinajstić information content (AvgIpc) is 2.79. The van der Waals surface area contributed by atoms with Gasteiger partial charge < -0.3 is 10.0 Å². The molecule has 1 amide bonds. The van der Waals surface area contributed by atoms with Crippen LogP contribution in [0.25, 0.3) is 0 Å². The molecule has 0 unspecified atom stereocenters. The van der Waals surface area contributed by atoms with Gasteiger partial charge in [-0.3, -0.25) is 9.69 Å². The summed E-state index contributed by atoms with van der Waals surface area (Å²) in [4.78, 5) is 17.4. The van der Waals surface area contributed by atoms with E-state index in [0.717, 1.165) is 42.7 Å². The summed E-state index contributed by atoms with van der Waals surface area (Å²) in [6.45, 7) is 2.17. The van der Waals surface area contributed by atoms with Crippen molar-refractivity contribution in [3.63, 3.8) is 0 Å². The van der Waals surface area contributed by atoms with Crippen LogP contribution in [-0.2, 0) is 17.8 Å². The van der Waals surface area contributed by atoms with Gasteiger partial charge in [0.05, 0.1) is 6.42 Å². The topological polar surface area (TPSA) is 43.8 Å². The Morgan fingerprint density at radius 1 is 1.03 bits per heavy atom. The van der Waals surface area contributed by atoms with E-state index in [9.17, 15) is 14.3 Å². The molecule has 0 atom stereocenters. The number of piperidine rings is 1. The number of likely N-dealkylation sites (tertiary alicyclic amines) is 1. The molecule has 32 heavy (non-hydrogen) atoms. The Bertz CT molecular complexity index is 1050. The highest BCUT2D eigenvalue weighted by Crippen LogP contribution is 2.28. The molecule has 4 nitrogen and oxygen atoms in total. The standard InChI is InChI=1S/C26H26ClFN2O2/c27-21-6-11-25(31)20(17-21)18-29-14-12-24(13-15-29)30(23-9-7-22(28)8-10-23)26(32)16-19-4-2-1-3-5-19/h1-11,17,24,31H,12-16,18H2. The van der Waals surface area contributed by atoms with Crippen molar-refractivity contribution in [1.29, 1.82) is 0 Å². The molecule has 0 bridgehead atoms. The Labute approximate surface area is 192 Å². The smallest absolute Gasteiger partial charge is 0.231 e. The van der Waals surface area contributed by atoms with Gasteiger partial charge in [-0.1, -0.05) is 41.9 Å². The molecule has 0 aromatic heterocycles. The minimum absolute atomic E-state index is 0.00810. The molecule has 1 N–H and O–H groups in total. The van der Waals surface area contributed by atoms with E-state index in [2.05, 4.69) is 4.90 Å². The summed E-state index contributed by atoms with van der Waals surface area (Å²) < 4.78 is 13.5. The van der Waals surface area contributed by atoms with Crippen LogP contribution >= 0.6 is 11.6 Å². The van der Waals surface area contributed by atoms with Gasteiger partial charge >= 0.3 is 0 Å². The monoisotopic (exact) mass is 452 g/mol. The summed E-state index contributed by atoms with van der Waals surface area (Å²) in [5.41, 5.74) is 2.48. The molecule has 1 saturated heterocycles. The zero-order valence-corrected chi connectivity index (χ0v) is 18.5. The van der Waals surface area contributed by atoms with Crippen molar-refractivity contribution >= 4 is 23.2 Å². The van der Waals surface area contributed by atoms with Crippen molar-refractivity contribution in [3.05, 3.63) is 94.8 Å². The van der Waals surface area contributed by atoms with Gasteiger partial charge in [-0.15, -0.1) is 0 Å². The third-order valence-corrected chi connectivity index (χ3v) is 6.16. The van der Waals surface area contributed by atoms with Crippen LogP contribution < -0.4 is 4.90 Å². The van der Waals surface area contributed by atoms with Crippen LogP contribution in [0.4, 0.5) is 10.1 Å². The molecule has 1 aliphatic heterocycles. The number of hydrogen-bond acceptors (Lipinski definition) is 3. The first-order chi connectivity index (χ1) is 15.5. The summed E-state index contributed by atoms with van der Waals surface area (Å²) in [6, 6.07) is 20.9. The summed E-state index contributed by atoms with van der Waals surface area (Å²) in [5, 5.41) is 10.7. The van der Waals surface area contributed by atoms with Crippen molar-refractivity contribution in [1.82, 2.24) is 4.90 Å². The van der Waals surface area contributed by atoms with Crippen LogP contribution in [0, 0.1) is 5.82 Å². The maximum Gasteiger partial charge on any atom is 0.231 e. The first kappa shape index (κ1) is 22.3. The molecule has 1 heterocycles. The van der Waals surface area contributed by atoms with E-state index >= 15 is 0 Å². The van der Waals surface area contributed by atoms with Crippen molar-refractivity contribution in [3.8, 4) is 5.75 Å². The molecule has 3 aromatic carbocycles. The second-order valence-corrected chi connectivity index (χ2v) is 8.62. The number of aromatic hydroxyl groups is 1. The van der Waals surface area contributed by atoms with Gasteiger partial charge in [0.15, 0.2) is 0 Å². The number of anilines is 1. The lowest BCUT2D eigenvalue weighted by Crippen LogP contribution is -2.48. The normalized spacial score (nSPS) is 14.9. The summed E-state index contributed by atoms with van der Waals surface area (Å²) in [6.07, 6.45) is 1.88. The number of nitrogens with zero attached hydrogens (tertiary/aromatic N) is 2. The molecular weight excluding hydrogens is 427 g/mol. The third kappa shape index (κ3) is 5.47. The Morgan fingerprint density at radius 2 is 1.72 bits per heavy atom. The van der Waals surface area contributed by atoms with Crippen LogP contribution in [0.2, 0.25) is 5.02 Å². The predicted octanol–water partition coefficient (Wildman–Crippen LogP) is 5.43. The van der Waals surface area contributed by atoms with Crippen LogP contribution in [0.15, 0.2) is 72.8 Å². The van der Waals surface area contributed by atoms with E-state index in [4.69, 9.17) is 11.6 Å². The first-order valence-electron chi connectivity index (χ1n) is 10.8. The Balaban J connectivity index is 1.47. The highest BCUT2D eigenvalue weighted by Gasteiger charge is 2.29. The first-order valence-corrected chi connectivity index (χ1v) is 11.2. The van der Waals surface area contributed by atoms with Crippen LogP contribution in [0.1, 0.15) is 24.0 Å². The van der Waals surface area contributed by atoms with Gasteiger partial charge in [0.1, 0.15) is 11.6 Å². The number of amides is 1. The number of phenolic OH excluding ortho intramolecular Hbond substituents is 1. The van der Waals surface area contributed by atoms with Gasteiger partial charge in [0.25, 0.3) is 0 Å². The Kier molecular flexibility index (Phi) is 7.08. The minimum Gasteiger partial charge on any atom is -0.508 e. The molecule has 3 aromatic rings. The zero-order valence-electron chi connectivity index (χ0n) is 17.8. The number of carbonyl (C=O) groups excluding carboxylic acids is 1. The third-order valence-electron chi connectivity index (χ3n) is 5.93. The predicted molar refractivity (Wildman–Crippen MR) is 125 cm³/mol. The van der Waals surface area contributed by atoms with E-state index in [1.165, 1.54) is 12.1 Å². The number of hydrogen-bond donors (Lipinski definition) is 1. The maximum atomic E-state index is 13.5. The second-order valence-electron chi connectivity index (χ2n) is 8.18. The molecule has 6 heteroatoms. The van der Waals surface area contributed by atoms with Gasteiger partial charge in [-0.25, -0.2) is 4.39 Å². The van der Waals surface area contributed by atoms with Crippen molar-refractivity contribution in [2.75, 3.05) is 18.0 Å². The summed E-state index contributed by atoms with van der Waals surface area (Å²) >= 11 is 6.08. The lowest BCUT2D eigenvalue weighted by molar-refractivity contribution is -0.118. The van der Waals surface area contributed by atoms with Crippen LogP contribution in [-0.4, -0.2) is 35.0 Å². The molecule has 4 rings (SSSR count). The summed E-state index contributed by atoms with van der Waals surface area (Å²) in [5.74, 6) is -0.0726. The van der Waals surface area contributed by atoms with Gasteiger partial charge in [0.2, 0.25) is 5.91 Å². The molecule has 0 saturated carbocycles. The fourth-order valence-electron chi connectivity index (χ4n) is 4.27. The SMILES string of the molecule is O=C(Cc1ccccc1)N(c1ccc(F)cc1)C1CCN(Cc2cc(Cl)ccc2O)CC1. The van der Waals surface area contributed by atoms with Gasteiger partial charge in [-0.05, 0) is 60.9 Å². The number of halogens is 2. The van der Waals surface area contributed by atoms with Crippen LogP contribution in [0.3, 0.4) is 0 Å². The molecule has 0 radical (unpaired) electrons. The molecule has 1 fully saturated rings. The Hall–Kier alpha value is -2.89. The fourth-order valence-corrected chi connectivity index (χ4v) is 4.47. The largest absolute Gasteiger partial charge is 0.508 e. The minimum atomic E-state index is -0.319. The van der Waals surface area contributed by atoms with E-state index in [0.29, 0.717) is 18.0 Å². The average molecular weight is 453 g/mol. The number of benzene rings is 3. The van der Waals surface area contributed by atoms with E-state index in [1.54, 1.807) is 30.3 Å². The van der Waals surface area contributed by atoms with Gasteiger partial charge in [-0.2, -0.15) is 0 Å². The number of rotatable bonds is 6. The van der Waals surface area contributed by atoms with E-state index in [-0.39, 0.29) is 23.5 Å². The number of carbonyl (C=O) groups is 1. The maximum absolute atomic E-state index is 13.5. The molecule has 0 aliphatic carbocycles. The van der Waals surface area contributed by atoms with Crippen molar-refractivity contribution < 1.29 is 14.3 Å². The Morgan fingerprint density at radius 3 is 2.41 bits per heavy atom. The number of phenols is 1. The van der Waals surface area contributed by atoms with Crippen molar-refractivity contribution in [2.24, 2.45) is 0 Å². The van der Waals surface area contributed by atoms with Crippen LogP contribution in [0.5, 0.6) is 5.75 Å². The fraction of sp³-hybridized carbons (Fsp3) is 0.269. The lowest BCUT2D eigenvalue weighted by atomic mass is 10.00. The summed E-state index contributed by atoms with van der Waals surface area (Å²) in [7, 11) is 0. The highest BCUT2D eigenvalue weighted by atomic mass is 35.5. The van der Waals surface area contributed by atoms with Gasteiger partial charge in [0, 0.05) is 41.9 Å². The molecular formula is C26H26ClFN2O2. The second kappa shape index (κ2) is 10.2.